The first kappa shape index (κ1) is 37.8. The SMILES string of the molecule is C1=CC2NC(c3ccc(-c4c5ccccc5cc5ccccc45)cc3)=C(c3ccc(-c4c5ccccc5cc5ccccc45)cc3)N=C2C=C1n1c2c(c3ccccc31)CCc1ccccc1-2. The van der Waals surface area contributed by atoms with E-state index in [0.29, 0.717) is 0 Å². The highest BCUT2D eigenvalue weighted by atomic mass is 15.0. The number of aliphatic imine (C=N–C) groups is 1. The zero-order valence-corrected chi connectivity index (χ0v) is 36.7. The molecule has 1 unspecified atom stereocenters. The summed E-state index contributed by atoms with van der Waals surface area (Å²) in [7, 11) is 0. The first-order valence-electron chi connectivity index (χ1n) is 23.4. The fraction of sp³-hybridized carbons (Fsp3) is 0.0469. The predicted octanol–water partition coefficient (Wildman–Crippen LogP) is 15.7. The first-order chi connectivity index (χ1) is 33.2. The lowest BCUT2D eigenvalue weighted by atomic mass is 9.89. The Morgan fingerprint density at radius 1 is 0.463 bits per heavy atom. The number of nitrogens with one attached hydrogen (secondary N) is 1. The Balaban J connectivity index is 0.939. The summed E-state index contributed by atoms with van der Waals surface area (Å²) in [5, 5.41) is 15.4. The molecule has 10 aromatic carbocycles. The molecule has 3 nitrogen and oxygen atoms in total. The van der Waals surface area contributed by atoms with Gasteiger partial charge in [0.15, 0.2) is 0 Å². The average molecular weight is 854 g/mol. The fourth-order valence-corrected chi connectivity index (χ4v) is 11.4. The van der Waals surface area contributed by atoms with Gasteiger partial charge in [-0.05, 0) is 125 Å². The number of allylic oxidation sites excluding steroid dienone is 2. The molecule has 1 aromatic heterocycles. The molecule has 3 aliphatic rings. The van der Waals surface area contributed by atoms with Gasteiger partial charge in [-0.1, -0.05) is 194 Å². The van der Waals surface area contributed by atoms with Crippen LogP contribution in [0.5, 0.6) is 0 Å². The van der Waals surface area contributed by atoms with E-state index in [0.717, 1.165) is 46.8 Å². The second kappa shape index (κ2) is 15.0. The van der Waals surface area contributed by atoms with Crippen molar-refractivity contribution < 1.29 is 0 Å². The van der Waals surface area contributed by atoms with Gasteiger partial charge in [-0.25, -0.2) is 4.99 Å². The number of fused-ring (bicyclic) bond motifs is 10. The standard InChI is InChI=1S/C64H43N3/c1-10-22-54-40(13-1)33-35-56-55-23-11-12-24-59(55)67(64(54)56)49-34-36-57-58(39-49)66-63(44-31-27-42(28-32-44)61-52-20-8-4-16-47(52)38-48-17-5-9-21-53(48)61)62(65-57)43-29-25-41(26-30-43)60-50-18-6-2-14-45(50)37-46-15-3-7-19-51(46)60/h1-32,34,36-39,57,65H,33,35H2. The van der Waals surface area contributed by atoms with Crippen LogP contribution in [0.4, 0.5) is 0 Å². The molecule has 1 aliphatic heterocycles. The number of hydrogen-bond acceptors (Lipinski definition) is 2. The molecule has 0 amide bonds. The van der Waals surface area contributed by atoms with Crippen LogP contribution >= 0.6 is 0 Å². The average Bonchev–Trinajstić information content (AvgIpc) is 3.74. The van der Waals surface area contributed by atoms with Gasteiger partial charge in [0.2, 0.25) is 0 Å². The summed E-state index contributed by atoms with van der Waals surface area (Å²) in [6.07, 6.45) is 8.98. The lowest BCUT2D eigenvalue weighted by molar-refractivity contribution is 0.880. The predicted molar refractivity (Wildman–Crippen MR) is 283 cm³/mol. The molecule has 14 rings (SSSR count). The summed E-state index contributed by atoms with van der Waals surface area (Å²) >= 11 is 0. The van der Waals surface area contributed by atoms with E-state index in [-0.39, 0.29) is 6.04 Å². The Kier molecular flexibility index (Phi) is 8.47. The topological polar surface area (TPSA) is 29.3 Å². The summed E-state index contributed by atoms with van der Waals surface area (Å²) < 4.78 is 2.48. The third-order valence-electron chi connectivity index (χ3n) is 14.5. The number of benzene rings is 10. The van der Waals surface area contributed by atoms with Crippen LogP contribution in [0, 0.1) is 0 Å². The van der Waals surface area contributed by atoms with Crippen LogP contribution in [-0.2, 0) is 12.8 Å². The number of aryl methyl sites for hydroxylation is 2. The van der Waals surface area contributed by atoms with Gasteiger partial charge in [-0.15, -0.1) is 0 Å². The third kappa shape index (κ3) is 6.01. The molecule has 0 spiro atoms. The van der Waals surface area contributed by atoms with Crippen LogP contribution in [0.2, 0.25) is 0 Å². The van der Waals surface area contributed by atoms with Gasteiger partial charge in [-0.2, -0.15) is 0 Å². The minimum absolute atomic E-state index is 0.101. The monoisotopic (exact) mass is 853 g/mol. The molecule has 3 heteroatoms. The normalized spacial score (nSPS) is 15.4. The highest BCUT2D eigenvalue weighted by Crippen LogP contribution is 2.44. The molecule has 0 saturated carbocycles. The Bertz CT molecular complexity index is 3880. The molecule has 11 aromatic rings. The van der Waals surface area contributed by atoms with E-state index in [4.69, 9.17) is 4.99 Å². The van der Waals surface area contributed by atoms with Crippen molar-refractivity contribution >= 4 is 76.8 Å². The van der Waals surface area contributed by atoms with E-state index in [1.54, 1.807) is 0 Å². The molecule has 0 saturated heterocycles. The Hall–Kier alpha value is -8.53. The molecule has 1 N–H and O–H groups in total. The minimum atomic E-state index is -0.101. The van der Waals surface area contributed by atoms with Crippen LogP contribution in [0.1, 0.15) is 22.3 Å². The number of aromatic nitrogens is 1. The molecule has 67 heavy (non-hydrogen) atoms. The number of para-hydroxylation sites is 1. The molecular formula is C64H43N3. The maximum absolute atomic E-state index is 5.69. The number of hydrogen-bond donors (Lipinski definition) is 1. The molecule has 1 atom stereocenters. The lowest BCUT2D eigenvalue weighted by Crippen LogP contribution is -2.38. The van der Waals surface area contributed by atoms with Crippen molar-refractivity contribution in [3.8, 4) is 33.5 Å². The van der Waals surface area contributed by atoms with Gasteiger partial charge in [-0.3, -0.25) is 0 Å². The second-order valence-corrected chi connectivity index (χ2v) is 18.2. The van der Waals surface area contributed by atoms with Crippen LogP contribution in [0.15, 0.2) is 229 Å². The Morgan fingerprint density at radius 2 is 0.955 bits per heavy atom. The van der Waals surface area contributed by atoms with Crippen molar-refractivity contribution in [2.45, 2.75) is 18.9 Å². The molecule has 0 bridgehead atoms. The van der Waals surface area contributed by atoms with Gasteiger partial charge >= 0.3 is 0 Å². The van der Waals surface area contributed by atoms with Crippen LogP contribution in [-0.4, -0.2) is 16.3 Å². The Labute approximate surface area is 389 Å². The third-order valence-corrected chi connectivity index (χ3v) is 14.5. The van der Waals surface area contributed by atoms with E-state index >= 15 is 0 Å². The molecule has 0 radical (unpaired) electrons. The first-order valence-corrected chi connectivity index (χ1v) is 23.4. The zero-order valence-electron chi connectivity index (χ0n) is 36.7. The number of rotatable bonds is 5. The van der Waals surface area contributed by atoms with Gasteiger partial charge in [0.05, 0.1) is 34.4 Å². The second-order valence-electron chi connectivity index (χ2n) is 18.2. The maximum atomic E-state index is 5.69. The molecular weight excluding hydrogens is 811 g/mol. The maximum Gasteiger partial charge on any atom is 0.0944 e. The van der Waals surface area contributed by atoms with Crippen molar-refractivity contribution in [1.82, 2.24) is 9.88 Å². The Morgan fingerprint density at radius 3 is 1.55 bits per heavy atom. The quantitative estimate of drug-likeness (QED) is 0.172. The van der Waals surface area contributed by atoms with E-state index in [2.05, 4.69) is 234 Å². The van der Waals surface area contributed by atoms with Crippen LogP contribution < -0.4 is 5.32 Å². The summed E-state index contributed by atoms with van der Waals surface area (Å²) in [5.41, 5.74) is 17.8. The van der Waals surface area contributed by atoms with Gasteiger partial charge in [0, 0.05) is 22.2 Å². The summed E-state index contributed by atoms with van der Waals surface area (Å²) in [4.78, 5) is 5.69. The summed E-state index contributed by atoms with van der Waals surface area (Å²) in [6.45, 7) is 0. The van der Waals surface area contributed by atoms with Crippen LogP contribution in [0.3, 0.4) is 0 Å². The van der Waals surface area contributed by atoms with E-state index < -0.39 is 0 Å². The van der Waals surface area contributed by atoms with Crippen molar-refractivity contribution in [3.63, 3.8) is 0 Å². The van der Waals surface area contributed by atoms with E-state index in [1.807, 2.05) is 0 Å². The van der Waals surface area contributed by atoms with Gasteiger partial charge in [0.1, 0.15) is 0 Å². The molecule has 2 aliphatic carbocycles. The minimum Gasteiger partial charge on any atom is -0.371 e. The highest BCUT2D eigenvalue weighted by molar-refractivity contribution is 6.16. The van der Waals surface area contributed by atoms with Crippen LogP contribution in [0.25, 0.3) is 105 Å². The molecule has 0 fully saturated rings. The molecule has 314 valence electrons. The van der Waals surface area contributed by atoms with Crippen molar-refractivity contribution in [2.24, 2.45) is 4.99 Å². The lowest BCUT2D eigenvalue weighted by Gasteiger charge is -2.30. The van der Waals surface area contributed by atoms with E-state index in [9.17, 15) is 0 Å². The fourth-order valence-electron chi connectivity index (χ4n) is 11.4. The number of nitrogens with zero attached hydrogens (tertiary/aromatic N) is 2. The van der Waals surface area contributed by atoms with E-state index in [1.165, 1.54) is 98.6 Å². The molecule has 2 heterocycles. The van der Waals surface area contributed by atoms with Crippen molar-refractivity contribution in [2.75, 3.05) is 0 Å². The summed E-state index contributed by atoms with van der Waals surface area (Å²) in [6, 6.07) is 75.5. The van der Waals surface area contributed by atoms with Crippen molar-refractivity contribution in [3.05, 3.63) is 247 Å². The van der Waals surface area contributed by atoms with Crippen molar-refractivity contribution in [1.29, 1.82) is 0 Å². The largest absolute Gasteiger partial charge is 0.371 e. The highest BCUT2D eigenvalue weighted by Gasteiger charge is 2.30. The smallest absolute Gasteiger partial charge is 0.0944 e. The van der Waals surface area contributed by atoms with Gasteiger partial charge in [0.25, 0.3) is 0 Å². The zero-order chi connectivity index (χ0) is 44.0. The van der Waals surface area contributed by atoms with Gasteiger partial charge < -0.3 is 9.88 Å². The summed E-state index contributed by atoms with van der Waals surface area (Å²) in [5.74, 6) is 0.